The van der Waals surface area contributed by atoms with E-state index in [0.29, 0.717) is 5.41 Å². The van der Waals surface area contributed by atoms with Gasteiger partial charge in [0.15, 0.2) is 0 Å². The number of piperidine rings is 1. The normalized spacial score (nSPS) is 20.4. The molecular weight excluding hydrogens is 317 g/mol. The summed E-state index contributed by atoms with van der Waals surface area (Å²) in [5.41, 5.74) is 3.02. The molecule has 2 saturated heterocycles. The largest absolute Gasteiger partial charge is 0.337 e. The van der Waals surface area contributed by atoms with E-state index < -0.39 is 0 Å². The molecule has 1 N–H and O–H groups in total. The molecule has 0 radical (unpaired) electrons. The van der Waals surface area contributed by atoms with E-state index >= 15 is 0 Å². The zero-order valence-corrected chi connectivity index (χ0v) is 14.0. The lowest BCUT2D eigenvalue weighted by Crippen LogP contribution is -2.39. The van der Waals surface area contributed by atoms with Crippen molar-refractivity contribution < 1.29 is 4.79 Å². The molecule has 2 aliphatic rings. The number of aromatic nitrogens is 1. The summed E-state index contributed by atoms with van der Waals surface area (Å²) in [4.78, 5) is 19.5. The van der Waals surface area contributed by atoms with Crippen LogP contribution in [0, 0.1) is 12.3 Å². The molecule has 1 aromatic heterocycles. The van der Waals surface area contributed by atoms with Crippen molar-refractivity contribution in [1.82, 2.24) is 15.2 Å². The second-order valence-electron chi connectivity index (χ2n) is 5.49. The first-order valence-electron chi connectivity index (χ1n) is 6.60. The molecule has 0 aromatic carbocycles. The van der Waals surface area contributed by atoms with Crippen LogP contribution in [0.3, 0.4) is 0 Å². The summed E-state index contributed by atoms with van der Waals surface area (Å²) < 4.78 is 0. The van der Waals surface area contributed by atoms with Crippen LogP contribution in [-0.4, -0.2) is 42.0 Å². The smallest absolute Gasteiger partial charge is 0.265 e. The Morgan fingerprint density at radius 3 is 2.65 bits per heavy atom. The summed E-state index contributed by atoms with van der Waals surface area (Å²) in [6.45, 7) is 5.96. The molecule has 3 rings (SSSR count). The molecule has 3 heterocycles. The third-order valence-electron chi connectivity index (χ3n) is 4.33. The van der Waals surface area contributed by atoms with Crippen molar-refractivity contribution in [3.05, 3.63) is 16.1 Å². The summed E-state index contributed by atoms with van der Waals surface area (Å²) in [5.74, 6) is 0.186. The maximum absolute atomic E-state index is 12.4. The fourth-order valence-electron chi connectivity index (χ4n) is 3.12. The quantitative estimate of drug-likeness (QED) is 0.856. The predicted molar refractivity (Wildman–Crippen MR) is 86.4 cm³/mol. The Bertz CT molecular complexity index is 460. The van der Waals surface area contributed by atoms with Crippen LogP contribution in [0.2, 0.25) is 0 Å². The second-order valence-corrected chi connectivity index (χ2v) is 6.35. The van der Waals surface area contributed by atoms with Gasteiger partial charge in [-0.2, -0.15) is 0 Å². The van der Waals surface area contributed by atoms with Crippen LogP contribution in [0.1, 0.15) is 34.6 Å². The first-order chi connectivity index (χ1) is 8.70. The van der Waals surface area contributed by atoms with Gasteiger partial charge in [-0.15, -0.1) is 36.2 Å². The number of nitrogens with one attached hydrogen (secondary N) is 1. The van der Waals surface area contributed by atoms with Crippen molar-refractivity contribution in [2.45, 2.75) is 26.2 Å². The Morgan fingerprint density at radius 1 is 1.35 bits per heavy atom. The van der Waals surface area contributed by atoms with Gasteiger partial charge in [-0.05, 0) is 44.7 Å². The van der Waals surface area contributed by atoms with Crippen molar-refractivity contribution in [2.75, 3.05) is 26.2 Å². The van der Waals surface area contributed by atoms with Gasteiger partial charge in [0.25, 0.3) is 5.91 Å². The van der Waals surface area contributed by atoms with Gasteiger partial charge >= 0.3 is 0 Å². The summed E-state index contributed by atoms with van der Waals surface area (Å²) in [6.07, 6.45) is 3.58. The van der Waals surface area contributed by atoms with E-state index in [0.717, 1.165) is 43.2 Å². The second kappa shape index (κ2) is 7.07. The van der Waals surface area contributed by atoms with Gasteiger partial charge in [-0.1, -0.05) is 0 Å². The number of carbonyl (C=O) groups excluding carboxylic acids is 1. The Labute approximate surface area is 136 Å². The predicted octanol–water partition coefficient (Wildman–Crippen LogP) is 2.51. The number of hydrogen-bond acceptors (Lipinski definition) is 4. The minimum atomic E-state index is 0. The van der Waals surface area contributed by atoms with Crippen molar-refractivity contribution in [1.29, 1.82) is 0 Å². The van der Waals surface area contributed by atoms with E-state index in [1.165, 1.54) is 24.2 Å². The molecule has 0 bridgehead atoms. The van der Waals surface area contributed by atoms with Gasteiger partial charge in [0.05, 0.1) is 11.2 Å². The molecule has 0 atom stereocenters. The molecule has 0 aliphatic carbocycles. The molecule has 2 aliphatic heterocycles. The highest BCUT2D eigenvalue weighted by Gasteiger charge is 2.41. The molecule has 114 valence electrons. The standard InChI is InChI=1S/C13H19N3OS.2ClH/c1-10-11(18-9-15-10)12(17)16-7-4-13(8-16)2-5-14-6-3-13;;/h9,14H,2-8H2,1H3;2*1H. The zero-order chi connectivity index (χ0) is 12.6. The first kappa shape index (κ1) is 17.7. The highest BCUT2D eigenvalue weighted by molar-refractivity contribution is 7.11. The molecule has 4 nitrogen and oxygen atoms in total. The number of rotatable bonds is 1. The van der Waals surface area contributed by atoms with E-state index in [1.807, 2.05) is 11.8 Å². The lowest BCUT2D eigenvalue weighted by atomic mass is 9.78. The number of thiazole rings is 1. The maximum atomic E-state index is 12.4. The molecule has 0 saturated carbocycles. The average Bonchev–Trinajstić information content (AvgIpc) is 2.97. The molecule has 7 heteroatoms. The van der Waals surface area contributed by atoms with Crippen molar-refractivity contribution in [3.63, 3.8) is 0 Å². The van der Waals surface area contributed by atoms with Crippen molar-refractivity contribution in [2.24, 2.45) is 5.41 Å². The highest BCUT2D eigenvalue weighted by atomic mass is 35.5. The number of hydrogen-bond donors (Lipinski definition) is 1. The van der Waals surface area contributed by atoms with Crippen LogP contribution < -0.4 is 5.32 Å². The van der Waals surface area contributed by atoms with E-state index in [9.17, 15) is 4.79 Å². The molecule has 1 spiro atoms. The average molecular weight is 338 g/mol. The van der Waals surface area contributed by atoms with Crippen LogP contribution in [0.4, 0.5) is 0 Å². The van der Waals surface area contributed by atoms with Gasteiger partial charge in [0.1, 0.15) is 4.88 Å². The molecule has 2 fully saturated rings. The Morgan fingerprint density at radius 2 is 2.05 bits per heavy atom. The van der Waals surface area contributed by atoms with Crippen LogP contribution in [0.25, 0.3) is 0 Å². The third-order valence-corrected chi connectivity index (χ3v) is 5.25. The Kier molecular flexibility index (Phi) is 6.25. The fraction of sp³-hybridized carbons (Fsp3) is 0.692. The zero-order valence-electron chi connectivity index (χ0n) is 11.6. The van der Waals surface area contributed by atoms with Crippen molar-refractivity contribution >= 4 is 42.1 Å². The SMILES string of the molecule is Cc1ncsc1C(=O)N1CCC2(CCNCC2)C1.Cl.Cl. The third kappa shape index (κ3) is 3.27. The van der Waals surface area contributed by atoms with E-state index in [1.54, 1.807) is 5.51 Å². The van der Waals surface area contributed by atoms with Crippen molar-refractivity contribution in [3.8, 4) is 0 Å². The summed E-state index contributed by atoms with van der Waals surface area (Å²) in [7, 11) is 0. The molecule has 20 heavy (non-hydrogen) atoms. The molecule has 0 unspecified atom stereocenters. The highest BCUT2D eigenvalue weighted by Crippen LogP contribution is 2.39. The minimum Gasteiger partial charge on any atom is -0.337 e. The number of nitrogens with zero attached hydrogens (tertiary/aromatic N) is 2. The van der Waals surface area contributed by atoms with Gasteiger partial charge in [0, 0.05) is 13.1 Å². The first-order valence-corrected chi connectivity index (χ1v) is 7.48. The van der Waals surface area contributed by atoms with Gasteiger partial charge in [-0.3, -0.25) is 4.79 Å². The van der Waals surface area contributed by atoms with Gasteiger partial charge in [-0.25, -0.2) is 4.98 Å². The van der Waals surface area contributed by atoms with Crippen LogP contribution in [0.5, 0.6) is 0 Å². The molecular formula is C13H21Cl2N3OS. The number of carbonyl (C=O) groups is 1. The monoisotopic (exact) mass is 337 g/mol. The summed E-state index contributed by atoms with van der Waals surface area (Å²) in [6, 6.07) is 0. The van der Waals surface area contributed by atoms with Crippen LogP contribution >= 0.6 is 36.2 Å². The number of aryl methyl sites for hydroxylation is 1. The number of likely N-dealkylation sites (tertiary alicyclic amines) is 1. The van der Waals surface area contributed by atoms with Gasteiger partial charge in [0.2, 0.25) is 0 Å². The molecule has 1 aromatic rings. The Hall–Kier alpha value is -0.360. The van der Waals surface area contributed by atoms with Gasteiger partial charge < -0.3 is 10.2 Å². The topological polar surface area (TPSA) is 45.2 Å². The minimum absolute atomic E-state index is 0. The van der Waals surface area contributed by atoms with E-state index in [-0.39, 0.29) is 30.7 Å². The Balaban J connectivity index is 0.000001000. The fourth-order valence-corrected chi connectivity index (χ4v) is 3.89. The lowest BCUT2D eigenvalue weighted by molar-refractivity contribution is 0.0765. The number of amides is 1. The lowest BCUT2D eigenvalue weighted by Gasteiger charge is -2.33. The summed E-state index contributed by atoms with van der Waals surface area (Å²) in [5, 5.41) is 3.41. The molecule has 1 amide bonds. The number of halogens is 2. The summed E-state index contributed by atoms with van der Waals surface area (Å²) >= 11 is 1.46. The van der Waals surface area contributed by atoms with Crippen LogP contribution in [-0.2, 0) is 0 Å². The van der Waals surface area contributed by atoms with E-state index in [2.05, 4.69) is 10.3 Å². The van der Waals surface area contributed by atoms with Crippen LogP contribution in [0.15, 0.2) is 5.51 Å². The van der Waals surface area contributed by atoms with E-state index in [4.69, 9.17) is 0 Å². The maximum Gasteiger partial charge on any atom is 0.265 e.